The van der Waals surface area contributed by atoms with Gasteiger partial charge in [-0.25, -0.2) is 4.39 Å². The zero-order chi connectivity index (χ0) is 14.4. The second-order valence-electron chi connectivity index (χ2n) is 4.42. The Kier molecular flexibility index (Phi) is 4.90. The first-order valence-corrected chi connectivity index (χ1v) is 6.37. The zero-order valence-electron chi connectivity index (χ0n) is 10.9. The van der Waals surface area contributed by atoms with Crippen LogP contribution in [0, 0.1) is 5.82 Å². The average Bonchev–Trinajstić information content (AvgIpc) is 2.98. The van der Waals surface area contributed by atoms with Crippen LogP contribution in [-0.2, 0) is 4.79 Å². The average molecular weight is 277 g/mol. The molecule has 0 aliphatic rings. The van der Waals surface area contributed by atoms with Crippen LogP contribution in [0.2, 0.25) is 0 Å². The van der Waals surface area contributed by atoms with Gasteiger partial charge in [-0.05, 0) is 36.2 Å². The molecule has 20 heavy (non-hydrogen) atoms. The smallest absolute Gasteiger partial charge is 0.245 e. The summed E-state index contributed by atoms with van der Waals surface area (Å²) < 4.78 is 18.4. The summed E-state index contributed by atoms with van der Waals surface area (Å²) in [5, 5.41) is 11.3. The number of hydrogen-bond donors (Lipinski definition) is 2. The van der Waals surface area contributed by atoms with Crippen LogP contribution in [-0.4, -0.2) is 24.2 Å². The standard InChI is InChI=1S/C15H16FNO3/c16-12-5-3-11(4-6-12)13(14-2-1-9-20-14)7-8-17-15(19)10-18/h1-6,9,13,18H,7-8,10H2,(H,17,19)/t13-/m0/s1. The molecule has 2 N–H and O–H groups in total. The normalized spacial score (nSPS) is 12.1. The number of carbonyl (C=O) groups is 1. The Hall–Kier alpha value is -2.14. The fraction of sp³-hybridized carbons (Fsp3) is 0.267. The van der Waals surface area contributed by atoms with Gasteiger partial charge in [0.1, 0.15) is 18.2 Å². The summed E-state index contributed by atoms with van der Waals surface area (Å²) >= 11 is 0. The van der Waals surface area contributed by atoms with E-state index in [9.17, 15) is 9.18 Å². The fourth-order valence-corrected chi connectivity index (χ4v) is 2.07. The van der Waals surface area contributed by atoms with Crippen LogP contribution in [0.15, 0.2) is 47.1 Å². The molecular weight excluding hydrogens is 261 g/mol. The van der Waals surface area contributed by atoms with Gasteiger partial charge in [-0.15, -0.1) is 0 Å². The molecule has 2 aromatic rings. The summed E-state index contributed by atoms with van der Waals surface area (Å²) in [4.78, 5) is 11.0. The highest BCUT2D eigenvalue weighted by atomic mass is 19.1. The van der Waals surface area contributed by atoms with Gasteiger partial charge in [0.05, 0.1) is 6.26 Å². The lowest BCUT2D eigenvalue weighted by molar-refractivity contribution is -0.123. The number of benzene rings is 1. The number of furan rings is 1. The predicted molar refractivity (Wildman–Crippen MR) is 71.7 cm³/mol. The van der Waals surface area contributed by atoms with E-state index < -0.39 is 12.5 Å². The van der Waals surface area contributed by atoms with Gasteiger partial charge < -0.3 is 14.8 Å². The predicted octanol–water partition coefficient (Wildman–Crippen LogP) is 2.05. The molecule has 0 aliphatic heterocycles. The summed E-state index contributed by atoms with van der Waals surface area (Å²) in [7, 11) is 0. The van der Waals surface area contributed by atoms with E-state index in [1.165, 1.54) is 12.1 Å². The summed E-state index contributed by atoms with van der Waals surface area (Å²) in [5.41, 5.74) is 0.916. The second-order valence-corrected chi connectivity index (χ2v) is 4.42. The van der Waals surface area contributed by atoms with Gasteiger partial charge in [0.15, 0.2) is 0 Å². The number of aliphatic hydroxyl groups excluding tert-OH is 1. The molecule has 0 saturated heterocycles. The number of carbonyl (C=O) groups excluding carboxylic acids is 1. The summed E-state index contributed by atoms with van der Waals surface area (Å²) in [6.45, 7) is -0.121. The molecule has 0 aliphatic carbocycles. The van der Waals surface area contributed by atoms with Crippen molar-refractivity contribution in [1.29, 1.82) is 0 Å². The first-order chi connectivity index (χ1) is 9.70. The van der Waals surface area contributed by atoms with Gasteiger partial charge in [-0.3, -0.25) is 4.79 Å². The third-order valence-corrected chi connectivity index (χ3v) is 3.06. The maximum Gasteiger partial charge on any atom is 0.245 e. The molecule has 0 spiro atoms. The number of halogens is 1. The maximum absolute atomic E-state index is 13.0. The highest BCUT2D eigenvalue weighted by molar-refractivity contribution is 5.76. The molecular formula is C15H16FNO3. The lowest BCUT2D eigenvalue weighted by atomic mass is 9.93. The molecule has 0 saturated carbocycles. The number of nitrogens with one attached hydrogen (secondary N) is 1. The van der Waals surface area contributed by atoms with Crippen LogP contribution in [0.4, 0.5) is 4.39 Å². The molecule has 0 unspecified atom stereocenters. The molecule has 0 radical (unpaired) electrons. The minimum atomic E-state index is -0.526. The Morgan fingerprint density at radius 1 is 1.30 bits per heavy atom. The van der Waals surface area contributed by atoms with Crippen molar-refractivity contribution in [3.63, 3.8) is 0 Å². The number of hydrogen-bond acceptors (Lipinski definition) is 3. The Morgan fingerprint density at radius 3 is 2.65 bits per heavy atom. The van der Waals surface area contributed by atoms with Gasteiger partial charge in [-0.1, -0.05) is 12.1 Å². The van der Waals surface area contributed by atoms with E-state index >= 15 is 0 Å². The molecule has 0 fully saturated rings. The molecule has 1 heterocycles. The fourth-order valence-electron chi connectivity index (χ4n) is 2.07. The molecule has 1 amide bonds. The lowest BCUT2D eigenvalue weighted by Crippen LogP contribution is -2.28. The summed E-state index contributed by atoms with van der Waals surface area (Å²) in [6, 6.07) is 9.85. The molecule has 1 aromatic carbocycles. The van der Waals surface area contributed by atoms with E-state index in [1.807, 2.05) is 6.07 Å². The summed E-state index contributed by atoms with van der Waals surface area (Å²) in [6.07, 6.45) is 2.18. The van der Waals surface area contributed by atoms with Crippen LogP contribution >= 0.6 is 0 Å². The topological polar surface area (TPSA) is 62.5 Å². The Balaban J connectivity index is 2.09. The van der Waals surface area contributed by atoms with Crippen molar-refractivity contribution in [3.05, 3.63) is 59.8 Å². The van der Waals surface area contributed by atoms with Gasteiger partial charge >= 0.3 is 0 Å². The molecule has 106 valence electrons. The molecule has 2 rings (SSSR count). The van der Waals surface area contributed by atoms with Crippen LogP contribution in [0.3, 0.4) is 0 Å². The molecule has 0 bridgehead atoms. The van der Waals surface area contributed by atoms with Crippen molar-refractivity contribution in [2.45, 2.75) is 12.3 Å². The first-order valence-electron chi connectivity index (χ1n) is 6.37. The minimum absolute atomic E-state index is 0.0652. The van der Waals surface area contributed by atoms with Gasteiger partial charge in [0.25, 0.3) is 0 Å². The third-order valence-electron chi connectivity index (χ3n) is 3.06. The number of amides is 1. The molecule has 1 atom stereocenters. The Labute approximate surface area is 116 Å². The van der Waals surface area contributed by atoms with Crippen LogP contribution in [0.25, 0.3) is 0 Å². The van der Waals surface area contributed by atoms with Gasteiger partial charge in [-0.2, -0.15) is 0 Å². The van der Waals surface area contributed by atoms with Crippen molar-refractivity contribution in [3.8, 4) is 0 Å². The highest BCUT2D eigenvalue weighted by Gasteiger charge is 2.17. The van der Waals surface area contributed by atoms with Crippen molar-refractivity contribution < 1.29 is 18.7 Å². The van der Waals surface area contributed by atoms with E-state index in [-0.39, 0.29) is 11.7 Å². The van der Waals surface area contributed by atoms with E-state index in [2.05, 4.69) is 5.32 Å². The minimum Gasteiger partial charge on any atom is -0.469 e. The first kappa shape index (κ1) is 14.3. The third kappa shape index (κ3) is 3.68. The second kappa shape index (κ2) is 6.86. The van der Waals surface area contributed by atoms with E-state index in [1.54, 1.807) is 24.5 Å². The van der Waals surface area contributed by atoms with E-state index in [4.69, 9.17) is 9.52 Å². The van der Waals surface area contributed by atoms with E-state index in [0.717, 1.165) is 11.3 Å². The highest BCUT2D eigenvalue weighted by Crippen LogP contribution is 2.28. The quantitative estimate of drug-likeness (QED) is 0.849. The monoisotopic (exact) mass is 277 g/mol. The van der Waals surface area contributed by atoms with Gasteiger partial charge in [0, 0.05) is 12.5 Å². The van der Waals surface area contributed by atoms with Crippen LogP contribution < -0.4 is 5.32 Å². The van der Waals surface area contributed by atoms with Crippen molar-refractivity contribution in [2.75, 3.05) is 13.2 Å². The molecule has 5 heteroatoms. The lowest BCUT2D eigenvalue weighted by Gasteiger charge is -2.15. The summed E-state index contributed by atoms with van der Waals surface area (Å²) in [5.74, 6) is -0.0118. The SMILES string of the molecule is O=C(CO)NCC[C@@H](c1ccc(F)cc1)c1ccco1. The Bertz CT molecular complexity index is 537. The maximum atomic E-state index is 13.0. The number of rotatable bonds is 6. The molecule has 1 aromatic heterocycles. The van der Waals surface area contributed by atoms with Crippen molar-refractivity contribution >= 4 is 5.91 Å². The van der Waals surface area contributed by atoms with Gasteiger partial charge in [0.2, 0.25) is 5.91 Å². The van der Waals surface area contributed by atoms with E-state index in [0.29, 0.717) is 13.0 Å². The van der Waals surface area contributed by atoms with Crippen molar-refractivity contribution in [2.24, 2.45) is 0 Å². The largest absolute Gasteiger partial charge is 0.469 e. The number of aliphatic hydroxyl groups is 1. The van der Waals surface area contributed by atoms with Crippen LogP contribution in [0.1, 0.15) is 23.7 Å². The molecule has 4 nitrogen and oxygen atoms in total. The van der Waals surface area contributed by atoms with Crippen LogP contribution in [0.5, 0.6) is 0 Å². The Morgan fingerprint density at radius 2 is 2.05 bits per heavy atom. The van der Waals surface area contributed by atoms with Crippen molar-refractivity contribution in [1.82, 2.24) is 5.32 Å². The zero-order valence-corrected chi connectivity index (χ0v) is 10.9.